The van der Waals surface area contributed by atoms with Crippen molar-refractivity contribution in [1.82, 2.24) is 14.5 Å². The van der Waals surface area contributed by atoms with Crippen LogP contribution in [0.5, 0.6) is 0 Å². The molecule has 3 aromatic rings. The van der Waals surface area contributed by atoms with E-state index < -0.39 is 0 Å². The molecule has 8 nitrogen and oxygen atoms in total. The smallest absolute Gasteiger partial charge is 0.239 e. The van der Waals surface area contributed by atoms with E-state index >= 15 is 0 Å². The van der Waals surface area contributed by atoms with E-state index in [1.54, 1.807) is 13.3 Å². The van der Waals surface area contributed by atoms with E-state index in [9.17, 15) is 4.79 Å². The Balaban J connectivity index is 1.48. The molecule has 0 bridgehead atoms. The molecule has 0 spiro atoms. The number of hydrogen-bond donors (Lipinski definition) is 1. The second kappa shape index (κ2) is 9.18. The van der Waals surface area contributed by atoms with Crippen LogP contribution in [0.1, 0.15) is 24.2 Å². The van der Waals surface area contributed by atoms with Gasteiger partial charge in [0.05, 0.1) is 24.2 Å². The van der Waals surface area contributed by atoms with Crippen LogP contribution in [0.15, 0.2) is 53.9 Å². The van der Waals surface area contributed by atoms with Gasteiger partial charge in [-0.05, 0) is 50.2 Å². The summed E-state index contributed by atoms with van der Waals surface area (Å²) in [5.74, 6) is 0.397. The minimum absolute atomic E-state index is 0.0382. The van der Waals surface area contributed by atoms with Gasteiger partial charge >= 0.3 is 0 Å². The molecule has 0 radical (unpaired) electrons. The van der Waals surface area contributed by atoms with Gasteiger partial charge in [0.1, 0.15) is 6.33 Å². The molecule has 0 unspecified atom stereocenters. The van der Waals surface area contributed by atoms with Crippen molar-refractivity contribution in [3.8, 4) is 5.69 Å². The Morgan fingerprint density at radius 2 is 1.90 bits per heavy atom. The van der Waals surface area contributed by atoms with E-state index in [2.05, 4.69) is 44.2 Å². The third kappa shape index (κ3) is 4.54. The van der Waals surface area contributed by atoms with Gasteiger partial charge in [0, 0.05) is 43.1 Å². The maximum atomic E-state index is 11.6. The molecule has 1 saturated heterocycles. The number of benzene rings is 2. The number of aromatic nitrogens is 2. The first-order valence-electron chi connectivity index (χ1n) is 10.5. The van der Waals surface area contributed by atoms with Crippen LogP contribution in [0.4, 0.5) is 5.69 Å². The number of oxime groups is 1. The van der Waals surface area contributed by atoms with E-state index in [0.717, 1.165) is 48.6 Å². The van der Waals surface area contributed by atoms with Crippen molar-refractivity contribution >= 4 is 28.4 Å². The number of carbonyl (C=O) groups is 1. The highest BCUT2D eigenvalue weighted by atomic mass is 16.5. The number of anilines is 1. The van der Waals surface area contributed by atoms with Crippen molar-refractivity contribution in [2.45, 2.75) is 13.8 Å². The molecule has 162 valence electrons. The zero-order valence-electron chi connectivity index (χ0n) is 17.9. The average molecular weight is 422 g/mol. The van der Waals surface area contributed by atoms with E-state index in [0.29, 0.717) is 24.6 Å². The molecule has 2 heterocycles. The number of piperazine rings is 1. The highest BCUT2D eigenvalue weighted by Crippen LogP contribution is 2.24. The van der Waals surface area contributed by atoms with E-state index in [-0.39, 0.29) is 5.78 Å². The second-order valence-electron chi connectivity index (χ2n) is 7.58. The third-order valence-electron chi connectivity index (χ3n) is 5.58. The quantitative estimate of drug-likeness (QED) is 0.216. The van der Waals surface area contributed by atoms with Crippen molar-refractivity contribution in [3.63, 3.8) is 0 Å². The molecule has 8 heteroatoms. The van der Waals surface area contributed by atoms with Crippen molar-refractivity contribution in [2.75, 3.05) is 44.2 Å². The predicted octanol–water partition coefficient (Wildman–Crippen LogP) is 3.17. The Bertz CT molecular complexity index is 1100. The minimum Gasteiger partial charge on any atom is -0.478 e. The number of Topliss-reactive ketones (excluding diaryl/α,β-unsaturated/α-hetero) is 1. The maximum Gasteiger partial charge on any atom is 0.239 e. The summed E-state index contributed by atoms with van der Waals surface area (Å²) in [6, 6.07) is 14.0. The summed E-state index contributed by atoms with van der Waals surface area (Å²) in [7, 11) is 0. The zero-order chi connectivity index (χ0) is 21.8. The van der Waals surface area contributed by atoms with Crippen LogP contribution in [-0.2, 0) is 4.74 Å². The van der Waals surface area contributed by atoms with Crippen molar-refractivity contribution in [3.05, 3.63) is 54.4 Å². The topological polar surface area (TPSA) is 83.2 Å². The van der Waals surface area contributed by atoms with E-state index in [4.69, 9.17) is 9.94 Å². The lowest BCUT2D eigenvalue weighted by Crippen LogP contribution is -2.48. The van der Waals surface area contributed by atoms with Gasteiger partial charge in [-0.25, -0.2) is 4.98 Å². The number of fused-ring (bicyclic) bond motifs is 1. The number of carbonyl (C=O) groups excluding carboxylic acids is 1. The van der Waals surface area contributed by atoms with Crippen LogP contribution in [0, 0.1) is 0 Å². The number of imidazole rings is 1. The SMILES string of the molecule is CCOC(CN1CCN(c2cccc(-n3cnc4cc(C(C)=O)ccc43)c2)CC1)=NO. The molecule has 4 rings (SSSR count). The fourth-order valence-electron chi connectivity index (χ4n) is 3.91. The molecular weight excluding hydrogens is 394 g/mol. The van der Waals surface area contributed by atoms with Gasteiger partial charge in [-0.1, -0.05) is 11.2 Å². The van der Waals surface area contributed by atoms with Gasteiger partial charge in [-0.15, -0.1) is 0 Å². The van der Waals surface area contributed by atoms with Gasteiger partial charge < -0.3 is 14.8 Å². The molecule has 31 heavy (non-hydrogen) atoms. The summed E-state index contributed by atoms with van der Waals surface area (Å²) in [5, 5.41) is 12.3. The number of rotatable bonds is 6. The van der Waals surface area contributed by atoms with Crippen LogP contribution in [0.25, 0.3) is 16.7 Å². The molecule has 0 amide bonds. The number of nitrogens with zero attached hydrogens (tertiary/aromatic N) is 5. The Hall–Kier alpha value is -3.39. The zero-order valence-corrected chi connectivity index (χ0v) is 17.9. The Kier molecular flexibility index (Phi) is 6.18. The Labute approximate surface area is 181 Å². The monoisotopic (exact) mass is 421 g/mol. The molecule has 1 aliphatic heterocycles. The lowest BCUT2D eigenvalue weighted by atomic mass is 10.1. The van der Waals surface area contributed by atoms with E-state index in [1.807, 2.05) is 29.7 Å². The molecule has 1 fully saturated rings. The average Bonchev–Trinajstić information content (AvgIpc) is 3.22. The minimum atomic E-state index is 0.0382. The normalized spacial score (nSPS) is 15.4. The van der Waals surface area contributed by atoms with Crippen LogP contribution < -0.4 is 4.90 Å². The fraction of sp³-hybridized carbons (Fsp3) is 0.348. The summed E-state index contributed by atoms with van der Waals surface area (Å²) in [5.41, 5.74) is 4.63. The molecule has 0 atom stereocenters. The van der Waals surface area contributed by atoms with Crippen LogP contribution >= 0.6 is 0 Å². The van der Waals surface area contributed by atoms with Crippen LogP contribution in [0.2, 0.25) is 0 Å². The van der Waals surface area contributed by atoms with Gasteiger partial charge in [0.25, 0.3) is 0 Å². The molecule has 1 aromatic heterocycles. The first kappa shape index (κ1) is 20.9. The second-order valence-corrected chi connectivity index (χ2v) is 7.58. The number of ketones is 1. The summed E-state index contributed by atoms with van der Waals surface area (Å²) in [6.45, 7) is 7.92. The molecule has 0 saturated carbocycles. The van der Waals surface area contributed by atoms with Crippen molar-refractivity contribution in [2.24, 2.45) is 5.16 Å². The molecule has 1 N–H and O–H groups in total. The summed E-state index contributed by atoms with van der Waals surface area (Å²) in [6.07, 6.45) is 1.80. The standard InChI is InChI=1S/C23H27N5O3/c1-3-31-23(25-30)15-26-9-11-27(12-10-26)19-5-4-6-20(14-19)28-16-24-21-13-18(17(2)29)7-8-22(21)28/h4-8,13-14,16,30H,3,9-12,15H2,1-2H3. The van der Waals surface area contributed by atoms with Gasteiger partial charge in [0.2, 0.25) is 5.90 Å². The first-order valence-corrected chi connectivity index (χ1v) is 10.5. The number of ether oxygens (including phenoxy) is 1. The molecule has 1 aliphatic rings. The highest BCUT2D eigenvalue weighted by Gasteiger charge is 2.20. The third-order valence-corrected chi connectivity index (χ3v) is 5.58. The van der Waals surface area contributed by atoms with Crippen LogP contribution in [-0.4, -0.2) is 70.7 Å². The lowest BCUT2D eigenvalue weighted by molar-refractivity contribution is 0.101. The Morgan fingerprint density at radius 3 is 2.61 bits per heavy atom. The Morgan fingerprint density at radius 1 is 1.13 bits per heavy atom. The predicted molar refractivity (Wildman–Crippen MR) is 121 cm³/mol. The molecular formula is C23H27N5O3. The van der Waals surface area contributed by atoms with Gasteiger partial charge in [-0.3, -0.25) is 14.3 Å². The lowest BCUT2D eigenvalue weighted by Gasteiger charge is -2.36. The summed E-state index contributed by atoms with van der Waals surface area (Å²) < 4.78 is 7.38. The van der Waals surface area contributed by atoms with Crippen LogP contribution in [0.3, 0.4) is 0 Å². The first-order chi connectivity index (χ1) is 15.1. The van der Waals surface area contributed by atoms with Gasteiger partial charge in [-0.2, -0.15) is 0 Å². The van der Waals surface area contributed by atoms with Crippen molar-refractivity contribution in [1.29, 1.82) is 0 Å². The molecule has 2 aromatic carbocycles. The molecule has 0 aliphatic carbocycles. The maximum absolute atomic E-state index is 11.6. The summed E-state index contributed by atoms with van der Waals surface area (Å²) in [4.78, 5) is 20.7. The highest BCUT2D eigenvalue weighted by molar-refractivity contribution is 5.97. The van der Waals surface area contributed by atoms with Crippen molar-refractivity contribution < 1.29 is 14.7 Å². The largest absolute Gasteiger partial charge is 0.478 e. The summed E-state index contributed by atoms with van der Waals surface area (Å²) >= 11 is 0. The number of hydrogen-bond acceptors (Lipinski definition) is 7. The fourth-order valence-corrected chi connectivity index (χ4v) is 3.91. The van der Waals surface area contributed by atoms with E-state index in [1.165, 1.54) is 0 Å². The van der Waals surface area contributed by atoms with Gasteiger partial charge in [0.15, 0.2) is 5.78 Å².